The molecule has 0 amide bonds. The number of hydrogen-bond acceptors (Lipinski definition) is 1. The number of rotatable bonds is 2. The molecule has 0 aromatic rings. The van der Waals surface area contributed by atoms with Gasteiger partial charge in [0.25, 0.3) is 0 Å². The van der Waals surface area contributed by atoms with E-state index in [1.165, 1.54) is 25.7 Å². The summed E-state index contributed by atoms with van der Waals surface area (Å²) in [6, 6.07) is 0. The zero-order valence-corrected chi connectivity index (χ0v) is 8.05. The molecule has 0 bridgehead atoms. The Balaban J connectivity index is 2.30. The van der Waals surface area contributed by atoms with Crippen molar-refractivity contribution in [2.45, 2.75) is 39.5 Å². The van der Waals surface area contributed by atoms with E-state index in [-0.39, 0.29) is 5.78 Å². The predicted molar refractivity (Wildman–Crippen MR) is 50.9 cm³/mol. The highest BCUT2D eigenvalue weighted by Crippen LogP contribution is 2.28. The molecule has 1 fully saturated rings. The van der Waals surface area contributed by atoms with Crippen LogP contribution in [0.4, 0.5) is 0 Å². The first-order valence-electron chi connectivity index (χ1n) is 4.87. The van der Waals surface area contributed by atoms with Crippen LogP contribution in [0.3, 0.4) is 0 Å². The van der Waals surface area contributed by atoms with Gasteiger partial charge in [-0.05, 0) is 37.7 Å². The number of carbonyl (C=O) groups excluding carboxylic acids is 1. The highest BCUT2D eigenvalue weighted by molar-refractivity contribution is 5.87. The third-order valence-corrected chi connectivity index (χ3v) is 2.66. The first kappa shape index (κ1) is 9.50. The zero-order chi connectivity index (χ0) is 8.97. The third kappa shape index (κ3) is 3.21. The van der Waals surface area contributed by atoms with Crippen molar-refractivity contribution in [1.82, 2.24) is 0 Å². The standard InChI is InChI=1S/C11H18O/c1-9-3-6-11(7-4-9)8-5-10(2)12/h5,8-9,11H,3-4,6-7H2,1-2H3. The van der Waals surface area contributed by atoms with Gasteiger partial charge in [0.1, 0.15) is 0 Å². The Morgan fingerprint density at radius 2 is 1.83 bits per heavy atom. The van der Waals surface area contributed by atoms with Crippen molar-refractivity contribution in [2.24, 2.45) is 11.8 Å². The quantitative estimate of drug-likeness (QED) is 0.576. The smallest absolute Gasteiger partial charge is 0.152 e. The normalized spacial score (nSPS) is 30.8. The zero-order valence-electron chi connectivity index (χ0n) is 8.05. The molecular weight excluding hydrogens is 148 g/mol. The summed E-state index contributed by atoms with van der Waals surface area (Å²) in [7, 11) is 0. The lowest BCUT2D eigenvalue weighted by Crippen LogP contribution is -2.10. The molecule has 0 atom stereocenters. The molecule has 1 heteroatoms. The molecule has 0 aliphatic heterocycles. The molecular formula is C11H18O. The molecule has 1 saturated carbocycles. The van der Waals surface area contributed by atoms with Crippen molar-refractivity contribution in [1.29, 1.82) is 0 Å². The van der Waals surface area contributed by atoms with E-state index in [0.717, 1.165) is 5.92 Å². The molecule has 1 nitrogen and oxygen atoms in total. The van der Waals surface area contributed by atoms with Gasteiger partial charge in [0, 0.05) is 0 Å². The molecule has 1 aliphatic carbocycles. The van der Waals surface area contributed by atoms with Crippen LogP contribution in [0, 0.1) is 11.8 Å². The Bertz CT molecular complexity index is 173. The van der Waals surface area contributed by atoms with Gasteiger partial charge < -0.3 is 0 Å². The average molecular weight is 166 g/mol. The summed E-state index contributed by atoms with van der Waals surface area (Å²) in [4.78, 5) is 10.7. The van der Waals surface area contributed by atoms with Crippen molar-refractivity contribution in [3.8, 4) is 0 Å². The Labute approximate surface area is 74.9 Å². The Morgan fingerprint density at radius 1 is 1.25 bits per heavy atom. The molecule has 0 aromatic heterocycles. The van der Waals surface area contributed by atoms with E-state index in [9.17, 15) is 4.79 Å². The van der Waals surface area contributed by atoms with Crippen molar-refractivity contribution in [3.05, 3.63) is 12.2 Å². The van der Waals surface area contributed by atoms with Gasteiger partial charge in [-0.2, -0.15) is 0 Å². The van der Waals surface area contributed by atoms with Gasteiger partial charge in [0.15, 0.2) is 5.78 Å². The number of hydrogen-bond donors (Lipinski definition) is 0. The molecule has 0 saturated heterocycles. The summed E-state index contributed by atoms with van der Waals surface area (Å²) in [5, 5.41) is 0. The van der Waals surface area contributed by atoms with Gasteiger partial charge in [-0.1, -0.05) is 25.8 Å². The van der Waals surface area contributed by atoms with E-state index in [0.29, 0.717) is 5.92 Å². The van der Waals surface area contributed by atoms with Crippen LogP contribution in [0.1, 0.15) is 39.5 Å². The molecule has 0 aromatic carbocycles. The average Bonchev–Trinajstić information content (AvgIpc) is 2.03. The fourth-order valence-electron chi connectivity index (χ4n) is 1.75. The minimum absolute atomic E-state index is 0.175. The lowest BCUT2D eigenvalue weighted by molar-refractivity contribution is -0.112. The second kappa shape index (κ2) is 4.44. The SMILES string of the molecule is CC(=O)C=CC1CCC(C)CC1. The Hall–Kier alpha value is -0.590. The highest BCUT2D eigenvalue weighted by Gasteiger charge is 2.15. The minimum Gasteiger partial charge on any atom is -0.295 e. The lowest BCUT2D eigenvalue weighted by Gasteiger charge is -2.23. The molecule has 0 spiro atoms. The summed E-state index contributed by atoms with van der Waals surface area (Å²) in [5.41, 5.74) is 0. The van der Waals surface area contributed by atoms with Crippen molar-refractivity contribution in [3.63, 3.8) is 0 Å². The second-order valence-corrected chi connectivity index (χ2v) is 3.99. The molecule has 1 aliphatic rings. The second-order valence-electron chi connectivity index (χ2n) is 3.99. The summed E-state index contributed by atoms with van der Waals surface area (Å²) < 4.78 is 0. The molecule has 0 radical (unpaired) electrons. The number of allylic oxidation sites excluding steroid dienone is 2. The monoisotopic (exact) mass is 166 g/mol. The molecule has 0 heterocycles. The summed E-state index contributed by atoms with van der Waals surface area (Å²) in [5.74, 6) is 1.74. The topological polar surface area (TPSA) is 17.1 Å². The molecule has 68 valence electrons. The molecule has 12 heavy (non-hydrogen) atoms. The Kier molecular flexibility index (Phi) is 3.51. The lowest BCUT2D eigenvalue weighted by atomic mass is 9.83. The van der Waals surface area contributed by atoms with Gasteiger partial charge >= 0.3 is 0 Å². The number of carbonyl (C=O) groups is 1. The van der Waals surface area contributed by atoms with E-state index in [1.807, 2.05) is 0 Å². The van der Waals surface area contributed by atoms with Crippen LogP contribution in [-0.4, -0.2) is 5.78 Å². The fourth-order valence-corrected chi connectivity index (χ4v) is 1.75. The van der Waals surface area contributed by atoms with Gasteiger partial charge in [0.05, 0.1) is 0 Å². The highest BCUT2D eigenvalue weighted by atomic mass is 16.1. The molecule has 0 unspecified atom stereocenters. The van der Waals surface area contributed by atoms with Crippen LogP contribution in [-0.2, 0) is 4.79 Å². The van der Waals surface area contributed by atoms with Crippen molar-refractivity contribution >= 4 is 5.78 Å². The predicted octanol–water partition coefficient (Wildman–Crippen LogP) is 2.96. The summed E-state index contributed by atoms with van der Waals surface area (Å²) in [6.45, 7) is 3.92. The van der Waals surface area contributed by atoms with Crippen LogP contribution in [0.5, 0.6) is 0 Å². The van der Waals surface area contributed by atoms with E-state index in [2.05, 4.69) is 13.0 Å². The van der Waals surface area contributed by atoms with E-state index < -0.39 is 0 Å². The van der Waals surface area contributed by atoms with Crippen molar-refractivity contribution < 1.29 is 4.79 Å². The fraction of sp³-hybridized carbons (Fsp3) is 0.727. The largest absolute Gasteiger partial charge is 0.295 e. The van der Waals surface area contributed by atoms with Crippen LogP contribution >= 0.6 is 0 Å². The van der Waals surface area contributed by atoms with Crippen molar-refractivity contribution in [2.75, 3.05) is 0 Å². The van der Waals surface area contributed by atoms with E-state index in [4.69, 9.17) is 0 Å². The molecule has 0 N–H and O–H groups in total. The maximum absolute atomic E-state index is 10.7. The van der Waals surface area contributed by atoms with Gasteiger partial charge in [0.2, 0.25) is 0 Å². The third-order valence-electron chi connectivity index (χ3n) is 2.66. The minimum atomic E-state index is 0.175. The van der Waals surface area contributed by atoms with Crippen LogP contribution in [0.2, 0.25) is 0 Å². The van der Waals surface area contributed by atoms with Crippen LogP contribution in [0.15, 0.2) is 12.2 Å². The van der Waals surface area contributed by atoms with Gasteiger partial charge in [-0.25, -0.2) is 0 Å². The van der Waals surface area contributed by atoms with E-state index in [1.54, 1.807) is 13.0 Å². The van der Waals surface area contributed by atoms with Crippen LogP contribution in [0.25, 0.3) is 0 Å². The first-order valence-corrected chi connectivity index (χ1v) is 4.87. The maximum atomic E-state index is 10.7. The summed E-state index contributed by atoms with van der Waals surface area (Å²) in [6.07, 6.45) is 9.00. The molecule has 1 rings (SSSR count). The summed E-state index contributed by atoms with van der Waals surface area (Å²) >= 11 is 0. The Morgan fingerprint density at radius 3 is 2.33 bits per heavy atom. The van der Waals surface area contributed by atoms with Gasteiger partial charge in [-0.3, -0.25) is 4.79 Å². The number of ketones is 1. The van der Waals surface area contributed by atoms with Crippen LogP contribution < -0.4 is 0 Å². The first-order chi connectivity index (χ1) is 5.68. The maximum Gasteiger partial charge on any atom is 0.152 e. The van der Waals surface area contributed by atoms with E-state index >= 15 is 0 Å². The van der Waals surface area contributed by atoms with Gasteiger partial charge in [-0.15, -0.1) is 0 Å².